The fourth-order valence-corrected chi connectivity index (χ4v) is 1.67. The molecule has 94 valence electrons. The van der Waals surface area contributed by atoms with E-state index in [1.165, 1.54) is 12.1 Å². The Balaban J connectivity index is 2.11. The summed E-state index contributed by atoms with van der Waals surface area (Å²) in [5, 5.41) is 3.10. The number of nitrogens with two attached hydrogens (primary N) is 1. The molecule has 0 saturated carbocycles. The van der Waals surface area contributed by atoms with E-state index in [0.29, 0.717) is 17.8 Å². The van der Waals surface area contributed by atoms with Gasteiger partial charge in [0.2, 0.25) is 0 Å². The molecule has 0 aliphatic rings. The maximum atomic E-state index is 13.0. The van der Waals surface area contributed by atoms with Gasteiger partial charge >= 0.3 is 0 Å². The predicted molar refractivity (Wildman–Crippen MR) is 69.3 cm³/mol. The Morgan fingerprint density at radius 1 is 1.06 bits per heavy atom. The topological polar surface area (TPSA) is 38.0 Å². The minimum Gasteiger partial charge on any atom is -0.397 e. The van der Waals surface area contributed by atoms with Gasteiger partial charge in [-0.2, -0.15) is 0 Å². The first-order valence-corrected chi connectivity index (χ1v) is 5.60. The van der Waals surface area contributed by atoms with Crippen molar-refractivity contribution >= 4 is 11.4 Å². The maximum Gasteiger partial charge on any atom is 0.159 e. The molecule has 0 bridgehead atoms. The first kappa shape index (κ1) is 12.4. The number of aryl methyl sites for hydroxylation is 1. The van der Waals surface area contributed by atoms with Crippen LogP contribution in [0.15, 0.2) is 36.4 Å². The highest BCUT2D eigenvalue weighted by molar-refractivity contribution is 5.66. The minimum atomic E-state index is -0.841. The molecule has 0 saturated heterocycles. The summed E-state index contributed by atoms with van der Waals surface area (Å²) in [6, 6.07) is 9.47. The van der Waals surface area contributed by atoms with Crippen LogP contribution in [-0.4, -0.2) is 0 Å². The summed E-state index contributed by atoms with van der Waals surface area (Å²) in [4.78, 5) is 0. The highest BCUT2D eigenvalue weighted by atomic mass is 19.2. The molecule has 2 nitrogen and oxygen atoms in total. The number of halogens is 2. The van der Waals surface area contributed by atoms with Gasteiger partial charge in [-0.25, -0.2) is 8.78 Å². The number of nitrogens with one attached hydrogen (secondary N) is 1. The maximum absolute atomic E-state index is 13.0. The van der Waals surface area contributed by atoms with Crippen molar-refractivity contribution in [1.29, 1.82) is 0 Å². The zero-order valence-corrected chi connectivity index (χ0v) is 10.0. The summed E-state index contributed by atoms with van der Waals surface area (Å²) in [7, 11) is 0. The Kier molecular flexibility index (Phi) is 3.46. The largest absolute Gasteiger partial charge is 0.397 e. The Morgan fingerprint density at radius 2 is 1.83 bits per heavy atom. The quantitative estimate of drug-likeness (QED) is 0.816. The van der Waals surface area contributed by atoms with E-state index in [1.54, 1.807) is 0 Å². The summed E-state index contributed by atoms with van der Waals surface area (Å²) in [6.07, 6.45) is 0. The van der Waals surface area contributed by atoms with Crippen LogP contribution in [0.2, 0.25) is 0 Å². The number of anilines is 2. The molecule has 0 aromatic heterocycles. The Hall–Kier alpha value is -2.10. The summed E-state index contributed by atoms with van der Waals surface area (Å²) in [5.74, 6) is -1.68. The zero-order chi connectivity index (χ0) is 13.1. The van der Waals surface area contributed by atoms with Crippen LogP contribution in [0.25, 0.3) is 0 Å². The van der Waals surface area contributed by atoms with Gasteiger partial charge in [-0.3, -0.25) is 0 Å². The molecule has 0 aliphatic carbocycles. The van der Waals surface area contributed by atoms with E-state index in [-0.39, 0.29) is 0 Å². The van der Waals surface area contributed by atoms with E-state index in [2.05, 4.69) is 5.32 Å². The number of hydrogen-bond donors (Lipinski definition) is 2. The molecule has 4 heteroatoms. The van der Waals surface area contributed by atoms with Gasteiger partial charge in [0.1, 0.15) is 0 Å². The SMILES string of the molecule is Cc1ccc(N)c(NCc2ccc(F)c(F)c2)c1. The lowest BCUT2D eigenvalue weighted by molar-refractivity contribution is 0.507. The van der Waals surface area contributed by atoms with Crippen molar-refractivity contribution in [2.75, 3.05) is 11.1 Å². The zero-order valence-electron chi connectivity index (χ0n) is 10.0. The van der Waals surface area contributed by atoms with Crippen molar-refractivity contribution in [3.8, 4) is 0 Å². The van der Waals surface area contributed by atoms with Gasteiger partial charge in [-0.1, -0.05) is 12.1 Å². The van der Waals surface area contributed by atoms with E-state index < -0.39 is 11.6 Å². The first-order chi connectivity index (χ1) is 8.56. The molecule has 3 N–H and O–H groups in total. The molecule has 0 spiro atoms. The molecule has 0 radical (unpaired) electrons. The molecule has 0 heterocycles. The number of hydrogen-bond acceptors (Lipinski definition) is 2. The van der Waals surface area contributed by atoms with Crippen LogP contribution < -0.4 is 11.1 Å². The van der Waals surface area contributed by atoms with Crippen LogP contribution in [0.3, 0.4) is 0 Å². The molecule has 2 aromatic carbocycles. The van der Waals surface area contributed by atoms with Crippen LogP contribution >= 0.6 is 0 Å². The number of benzene rings is 2. The molecular formula is C14H14F2N2. The monoisotopic (exact) mass is 248 g/mol. The van der Waals surface area contributed by atoms with E-state index in [4.69, 9.17) is 5.73 Å². The van der Waals surface area contributed by atoms with Crippen LogP contribution in [0.5, 0.6) is 0 Å². The standard InChI is InChI=1S/C14H14F2N2/c1-9-2-5-13(17)14(6-9)18-8-10-3-4-11(15)12(16)7-10/h2-7,18H,8,17H2,1H3. The van der Waals surface area contributed by atoms with Gasteiger partial charge in [-0.15, -0.1) is 0 Å². The highest BCUT2D eigenvalue weighted by Crippen LogP contribution is 2.20. The van der Waals surface area contributed by atoms with Crippen molar-refractivity contribution in [2.45, 2.75) is 13.5 Å². The van der Waals surface area contributed by atoms with Gasteiger partial charge in [0, 0.05) is 6.54 Å². The number of rotatable bonds is 3. The minimum absolute atomic E-state index is 0.394. The first-order valence-electron chi connectivity index (χ1n) is 5.60. The van der Waals surface area contributed by atoms with E-state index >= 15 is 0 Å². The van der Waals surface area contributed by atoms with Gasteiger partial charge in [0.05, 0.1) is 11.4 Å². The van der Waals surface area contributed by atoms with Crippen molar-refractivity contribution in [1.82, 2.24) is 0 Å². The molecule has 0 aliphatic heterocycles. The Bertz CT molecular complexity index is 568. The summed E-state index contributed by atoms with van der Waals surface area (Å²) < 4.78 is 25.8. The van der Waals surface area contributed by atoms with Crippen molar-refractivity contribution in [2.24, 2.45) is 0 Å². The van der Waals surface area contributed by atoms with Crippen molar-refractivity contribution in [3.05, 3.63) is 59.2 Å². The highest BCUT2D eigenvalue weighted by Gasteiger charge is 2.03. The molecule has 0 amide bonds. The number of nitrogen functional groups attached to an aromatic ring is 1. The molecule has 2 rings (SSSR count). The molecule has 18 heavy (non-hydrogen) atoms. The lowest BCUT2D eigenvalue weighted by Gasteiger charge is -2.10. The van der Waals surface area contributed by atoms with Gasteiger partial charge in [0.25, 0.3) is 0 Å². The second kappa shape index (κ2) is 5.04. The van der Waals surface area contributed by atoms with E-state index in [9.17, 15) is 8.78 Å². The third kappa shape index (κ3) is 2.77. The Morgan fingerprint density at radius 3 is 2.56 bits per heavy atom. The predicted octanol–water partition coefficient (Wildman–Crippen LogP) is 3.47. The molecule has 2 aromatic rings. The van der Waals surface area contributed by atoms with Gasteiger partial charge in [0.15, 0.2) is 11.6 Å². The summed E-state index contributed by atoms with van der Waals surface area (Å²) in [6.45, 7) is 2.35. The van der Waals surface area contributed by atoms with Crippen LogP contribution in [-0.2, 0) is 6.54 Å². The van der Waals surface area contributed by atoms with Crippen LogP contribution in [0, 0.1) is 18.6 Å². The third-order valence-corrected chi connectivity index (χ3v) is 2.68. The van der Waals surface area contributed by atoms with Crippen molar-refractivity contribution < 1.29 is 8.78 Å². The molecule has 0 atom stereocenters. The van der Waals surface area contributed by atoms with E-state index in [1.807, 2.05) is 25.1 Å². The lowest BCUT2D eigenvalue weighted by Crippen LogP contribution is -2.03. The van der Waals surface area contributed by atoms with Crippen LogP contribution in [0.1, 0.15) is 11.1 Å². The fraction of sp³-hybridized carbons (Fsp3) is 0.143. The van der Waals surface area contributed by atoms with Gasteiger partial charge in [-0.05, 0) is 42.3 Å². The fourth-order valence-electron chi connectivity index (χ4n) is 1.67. The average Bonchev–Trinajstić information content (AvgIpc) is 2.34. The smallest absolute Gasteiger partial charge is 0.159 e. The third-order valence-electron chi connectivity index (χ3n) is 2.68. The summed E-state index contributed by atoms with van der Waals surface area (Å²) >= 11 is 0. The molecular weight excluding hydrogens is 234 g/mol. The van der Waals surface area contributed by atoms with Crippen LogP contribution in [0.4, 0.5) is 20.2 Å². The van der Waals surface area contributed by atoms with Crippen molar-refractivity contribution in [3.63, 3.8) is 0 Å². The second-order valence-corrected chi connectivity index (χ2v) is 4.19. The lowest BCUT2D eigenvalue weighted by atomic mass is 10.1. The molecule has 0 unspecified atom stereocenters. The Labute approximate surface area is 104 Å². The molecule has 0 fully saturated rings. The second-order valence-electron chi connectivity index (χ2n) is 4.19. The normalized spacial score (nSPS) is 10.4. The van der Waals surface area contributed by atoms with E-state index in [0.717, 1.165) is 17.3 Å². The van der Waals surface area contributed by atoms with Gasteiger partial charge < -0.3 is 11.1 Å². The average molecular weight is 248 g/mol. The summed E-state index contributed by atoms with van der Waals surface area (Å²) in [5.41, 5.74) is 8.97.